The van der Waals surface area contributed by atoms with E-state index in [2.05, 4.69) is 24.1 Å². The zero-order valence-corrected chi connectivity index (χ0v) is 19.2. The summed E-state index contributed by atoms with van der Waals surface area (Å²) in [5.74, 6) is 1.24. The van der Waals surface area contributed by atoms with Gasteiger partial charge in [-0.2, -0.15) is 0 Å². The van der Waals surface area contributed by atoms with E-state index in [1.807, 2.05) is 24.3 Å². The minimum Gasteiger partial charge on any atom is -0.484 e. The van der Waals surface area contributed by atoms with E-state index in [0.717, 1.165) is 6.42 Å². The number of anilines is 1. The van der Waals surface area contributed by atoms with Gasteiger partial charge in [0.25, 0.3) is 5.91 Å². The largest absolute Gasteiger partial charge is 0.484 e. The summed E-state index contributed by atoms with van der Waals surface area (Å²) < 4.78 is 11.4. The first-order chi connectivity index (χ1) is 15.4. The molecule has 0 saturated heterocycles. The molecule has 1 amide bonds. The van der Waals surface area contributed by atoms with Crippen molar-refractivity contribution in [1.29, 1.82) is 0 Å². The molecule has 0 spiro atoms. The highest BCUT2D eigenvalue weighted by atomic mass is 35.5. The molecule has 0 saturated carbocycles. The normalized spacial score (nSPS) is 12.0. The molecule has 164 valence electrons. The summed E-state index contributed by atoms with van der Waals surface area (Å²) in [5, 5.41) is 3.85. The number of benzene rings is 3. The van der Waals surface area contributed by atoms with Gasteiger partial charge in [0.1, 0.15) is 11.3 Å². The highest BCUT2D eigenvalue weighted by Crippen LogP contribution is 2.32. The third-order valence-corrected chi connectivity index (χ3v) is 5.83. The number of nitrogens with zero attached hydrogens (tertiary/aromatic N) is 1. The number of oxazole rings is 1. The summed E-state index contributed by atoms with van der Waals surface area (Å²) >= 11 is 12.3. The molecule has 4 rings (SSSR count). The topological polar surface area (TPSA) is 64.4 Å². The molecular weight excluding hydrogens is 447 g/mol. The Hall–Kier alpha value is -3.02. The standard InChI is InChI=1S/C25H22Cl2N2O3/c1-3-15(2)16-4-8-19(9-5-16)31-14-24(30)28-18-7-11-23-22(13-18)29-25(32-23)20-12-17(26)6-10-21(20)27/h4-13,15H,3,14H2,1-2H3,(H,28,30)/t15-/m1/s1. The minimum atomic E-state index is -0.267. The molecule has 0 radical (unpaired) electrons. The van der Waals surface area contributed by atoms with Gasteiger partial charge in [-0.3, -0.25) is 4.79 Å². The van der Waals surface area contributed by atoms with Crippen LogP contribution in [0.2, 0.25) is 10.0 Å². The van der Waals surface area contributed by atoms with E-state index in [1.54, 1.807) is 36.4 Å². The van der Waals surface area contributed by atoms with E-state index in [9.17, 15) is 4.79 Å². The molecule has 1 N–H and O–H groups in total. The number of ether oxygens (including phenoxy) is 1. The molecule has 4 aromatic rings. The highest BCUT2D eigenvalue weighted by Gasteiger charge is 2.13. The Morgan fingerprint density at radius 3 is 2.62 bits per heavy atom. The lowest BCUT2D eigenvalue weighted by Gasteiger charge is -2.11. The number of carbonyl (C=O) groups excluding carboxylic acids is 1. The van der Waals surface area contributed by atoms with E-state index in [1.165, 1.54) is 5.56 Å². The van der Waals surface area contributed by atoms with Gasteiger partial charge in [0.2, 0.25) is 5.89 Å². The van der Waals surface area contributed by atoms with Gasteiger partial charge in [0.05, 0.1) is 10.6 Å². The van der Waals surface area contributed by atoms with Crippen molar-refractivity contribution in [1.82, 2.24) is 4.98 Å². The molecule has 0 aliphatic carbocycles. The lowest BCUT2D eigenvalue weighted by Crippen LogP contribution is -2.20. The fourth-order valence-corrected chi connectivity index (χ4v) is 3.63. The highest BCUT2D eigenvalue weighted by molar-refractivity contribution is 6.35. The quantitative estimate of drug-likeness (QED) is 0.308. The zero-order chi connectivity index (χ0) is 22.7. The van der Waals surface area contributed by atoms with Crippen LogP contribution in [0.5, 0.6) is 5.75 Å². The van der Waals surface area contributed by atoms with Gasteiger partial charge >= 0.3 is 0 Å². The van der Waals surface area contributed by atoms with Crippen molar-refractivity contribution in [3.8, 4) is 17.2 Å². The Morgan fingerprint density at radius 1 is 1.09 bits per heavy atom. The van der Waals surface area contributed by atoms with Crippen molar-refractivity contribution in [3.05, 3.63) is 76.3 Å². The summed E-state index contributed by atoms with van der Waals surface area (Å²) in [4.78, 5) is 16.8. The van der Waals surface area contributed by atoms with Crippen LogP contribution >= 0.6 is 23.2 Å². The van der Waals surface area contributed by atoms with E-state index in [4.69, 9.17) is 32.4 Å². The lowest BCUT2D eigenvalue weighted by atomic mass is 9.99. The Labute approximate surface area is 196 Å². The van der Waals surface area contributed by atoms with Crippen LogP contribution in [0.25, 0.3) is 22.6 Å². The lowest BCUT2D eigenvalue weighted by molar-refractivity contribution is -0.118. The molecule has 5 nitrogen and oxygen atoms in total. The Morgan fingerprint density at radius 2 is 1.88 bits per heavy atom. The van der Waals surface area contributed by atoms with E-state index >= 15 is 0 Å². The predicted molar refractivity (Wildman–Crippen MR) is 129 cm³/mol. The monoisotopic (exact) mass is 468 g/mol. The number of aromatic nitrogens is 1. The maximum absolute atomic E-state index is 12.3. The van der Waals surface area contributed by atoms with Gasteiger partial charge in [-0.1, -0.05) is 49.2 Å². The van der Waals surface area contributed by atoms with Crippen LogP contribution in [-0.2, 0) is 4.79 Å². The molecule has 0 aliphatic heterocycles. The summed E-state index contributed by atoms with van der Waals surface area (Å²) in [6.07, 6.45) is 1.08. The number of amides is 1. The molecule has 1 heterocycles. The summed E-state index contributed by atoms with van der Waals surface area (Å²) in [5.41, 5.74) is 3.62. The van der Waals surface area contributed by atoms with Gasteiger partial charge < -0.3 is 14.5 Å². The molecule has 0 fully saturated rings. The van der Waals surface area contributed by atoms with Crippen LogP contribution in [-0.4, -0.2) is 17.5 Å². The van der Waals surface area contributed by atoms with Crippen LogP contribution in [0.1, 0.15) is 31.7 Å². The van der Waals surface area contributed by atoms with Gasteiger partial charge in [-0.15, -0.1) is 0 Å². The van der Waals surface area contributed by atoms with Gasteiger partial charge in [-0.05, 0) is 66.4 Å². The second-order valence-corrected chi connectivity index (χ2v) is 8.38. The number of nitrogens with one attached hydrogen (secondary N) is 1. The molecule has 3 aromatic carbocycles. The predicted octanol–water partition coefficient (Wildman–Crippen LogP) is 7.33. The number of rotatable bonds is 7. The van der Waals surface area contributed by atoms with Crippen molar-refractivity contribution in [2.75, 3.05) is 11.9 Å². The van der Waals surface area contributed by atoms with Crippen LogP contribution in [0, 0.1) is 0 Å². The molecular formula is C25H22Cl2N2O3. The number of hydrogen-bond donors (Lipinski definition) is 1. The van der Waals surface area contributed by atoms with Gasteiger partial charge in [-0.25, -0.2) is 4.98 Å². The number of fused-ring (bicyclic) bond motifs is 1. The smallest absolute Gasteiger partial charge is 0.262 e. The second-order valence-electron chi connectivity index (χ2n) is 7.54. The first kappa shape index (κ1) is 22.2. The number of carbonyl (C=O) groups is 1. The average Bonchev–Trinajstić information content (AvgIpc) is 3.22. The minimum absolute atomic E-state index is 0.0943. The molecule has 0 bridgehead atoms. The molecule has 0 aliphatic rings. The third-order valence-electron chi connectivity index (χ3n) is 5.26. The fourth-order valence-electron chi connectivity index (χ4n) is 3.26. The molecule has 0 unspecified atom stereocenters. The Bertz CT molecular complexity index is 1250. The average molecular weight is 469 g/mol. The number of halogens is 2. The maximum atomic E-state index is 12.3. The third kappa shape index (κ3) is 5.06. The molecule has 7 heteroatoms. The Balaban J connectivity index is 1.41. The van der Waals surface area contributed by atoms with Crippen molar-refractivity contribution in [2.24, 2.45) is 0 Å². The van der Waals surface area contributed by atoms with E-state index in [-0.39, 0.29) is 12.5 Å². The maximum Gasteiger partial charge on any atom is 0.262 e. The molecule has 32 heavy (non-hydrogen) atoms. The first-order valence-corrected chi connectivity index (χ1v) is 11.1. The second kappa shape index (κ2) is 9.63. The molecule has 1 aromatic heterocycles. The van der Waals surface area contributed by atoms with E-state index in [0.29, 0.717) is 50.0 Å². The number of hydrogen-bond acceptors (Lipinski definition) is 4. The summed E-state index contributed by atoms with van der Waals surface area (Å²) in [6.45, 7) is 4.24. The van der Waals surface area contributed by atoms with Crippen molar-refractivity contribution in [2.45, 2.75) is 26.2 Å². The fraction of sp³-hybridized carbons (Fsp3) is 0.200. The SMILES string of the molecule is CC[C@@H](C)c1ccc(OCC(=O)Nc2ccc3oc(-c4cc(Cl)ccc4Cl)nc3c2)cc1. The van der Waals surface area contributed by atoms with Crippen molar-refractivity contribution in [3.63, 3.8) is 0 Å². The van der Waals surface area contributed by atoms with Crippen LogP contribution in [0.3, 0.4) is 0 Å². The van der Waals surface area contributed by atoms with Crippen LogP contribution < -0.4 is 10.1 Å². The molecule has 1 atom stereocenters. The van der Waals surface area contributed by atoms with Gasteiger partial charge in [0.15, 0.2) is 12.2 Å². The van der Waals surface area contributed by atoms with Gasteiger partial charge in [0, 0.05) is 10.7 Å². The van der Waals surface area contributed by atoms with Crippen molar-refractivity contribution >= 4 is 45.9 Å². The van der Waals surface area contributed by atoms with Crippen molar-refractivity contribution < 1.29 is 13.9 Å². The van der Waals surface area contributed by atoms with Crippen LogP contribution in [0.15, 0.2) is 65.1 Å². The summed E-state index contributed by atoms with van der Waals surface area (Å²) in [7, 11) is 0. The summed E-state index contributed by atoms with van der Waals surface area (Å²) in [6, 6.07) is 18.2. The van der Waals surface area contributed by atoms with Crippen LogP contribution in [0.4, 0.5) is 5.69 Å². The first-order valence-electron chi connectivity index (χ1n) is 10.3. The zero-order valence-electron chi connectivity index (χ0n) is 17.7. The van der Waals surface area contributed by atoms with E-state index < -0.39 is 0 Å². The Kier molecular flexibility index (Phi) is 6.68.